The van der Waals surface area contributed by atoms with Gasteiger partial charge >= 0.3 is 0 Å². The highest BCUT2D eigenvalue weighted by molar-refractivity contribution is 9.10. The molecule has 0 saturated carbocycles. The second-order valence-corrected chi connectivity index (χ2v) is 4.57. The number of benzene rings is 1. The summed E-state index contributed by atoms with van der Waals surface area (Å²) in [6.45, 7) is 0. The van der Waals surface area contributed by atoms with Gasteiger partial charge in [0.1, 0.15) is 0 Å². The van der Waals surface area contributed by atoms with E-state index in [1.807, 2.05) is 30.5 Å². The van der Waals surface area contributed by atoms with Crippen molar-refractivity contribution in [2.75, 3.05) is 5.73 Å². The summed E-state index contributed by atoms with van der Waals surface area (Å²) in [5, 5.41) is 8.82. The molecule has 1 aromatic carbocycles. The smallest absolute Gasteiger partial charge is 0.154 e. The maximum absolute atomic E-state index is 5.75. The fourth-order valence-electron chi connectivity index (χ4n) is 1.79. The van der Waals surface area contributed by atoms with Crippen LogP contribution in [0.4, 0.5) is 5.82 Å². The van der Waals surface area contributed by atoms with Crippen molar-refractivity contribution >= 4 is 32.5 Å². The minimum absolute atomic E-state index is 0.465. The van der Waals surface area contributed by atoms with Crippen molar-refractivity contribution in [3.05, 3.63) is 41.1 Å². The average Bonchev–Trinajstić information content (AvgIpc) is 2.75. The van der Waals surface area contributed by atoms with Gasteiger partial charge in [0.05, 0.1) is 11.3 Å². The van der Waals surface area contributed by atoms with E-state index in [0.717, 1.165) is 26.5 Å². The lowest BCUT2D eigenvalue weighted by Crippen LogP contribution is -1.90. The van der Waals surface area contributed by atoms with Crippen molar-refractivity contribution in [3.63, 3.8) is 0 Å². The van der Waals surface area contributed by atoms with Crippen LogP contribution in [-0.4, -0.2) is 15.2 Å². The van der Waals surface area contributed by atoms with Gasteiger partial charge in [0.2, 0.25) is 0 Å². The molecule has 0 atom stereocenters. The average molecular weight is 289 g/mol. The first-order chi connectivity index (χ1) is 8.25. The molecule has 0 unspecified atom stereocenters. The molecule has 3 rings (SSSR count). The predicted octanol–water partition coefficient (Wildman–Crippen LogP) is 2.97. The van der Waals surface area contributed by atoms with Gasteiger partial charge < -0.3 is 5.73 Å². The number of aromatic nitrogens is 3. The molecule has 2 heterocycles. The number of anilines is 1. The van der Waals surface area contributed by atoms with Crippen LogP contribution in [0.2, 0.25) is 0 Å². The number of nitrogens with zero attached hydrogens (tertiary/aromatic N) is 2. The van der Waals surface area contributed by atoms with Gasteiger partial charge in [-0.15, -0.1) is 0 Å². The van der Waals surface area contributed by atoms with Crippen LogP contribution in [0.25, 0.3) is 22.0 Å². The summed E-state index contributed by atoms with van der Waals surface area (Å²) in [5.74, 6) is 0.465. The number of hydrogen-bond acceptors (Lipinski definition) is 3. The maximum Gasteiger partial charge on any atom is 0.154 e. The monoisotopic (exact) mass is 288 g/mol. The Bertz CT molecular complexity index is 690. The first-order valence-electron chi connectivity index (χ1n) is 5.09. The maximum atomic E-state index is 5.75. The van der Waals surface area contributed by atoms with Gasteiger partial charge in [0.15, 0.2) is 5.82 Å². The number of H-pyrrole nitrogens is 1. The van der Waals surface area contributed by atoms with Crippen LogP contribution in [0.15, 0.2) is 41.1 Å². The summed E-state index contributed by atoms with van der Waals surface area (Å²) in [4.78, 5) is 4.40. The molecule has 0 aliphatic rings. The quantitative estimate of drug-likeness (QED) is 0.723. The molecular weight excluding hydrogens is 280 g/mol. The molecule has 0 amide bonds. The summed E-state index contributed by atoms with van der Waals surface area (Å²) >= 11 is 3.50. The molecule has 3 N–H and O–H groups in total. The van der Waals surface area contributed by atoms with E-state index in [-0.39, 0.29) is 0 Å². The topological polar surface area (TPSA) is 67.6 Å². The number of nitrogens with two attached hydrogens (primary N) is 1. The third-order valence-electron chi connectivity index (χ3n) is 2.66. The van der Waals surface area contributed by atoms with E-state index in [9.17, 15) is 0 Å². The lowest BCUT2D eigenvalue weighted by molar-refractivity contribution is 1.10. The van der Waals surface area contributed by atoms with E-state index in [1.54, 1.807) is 6.20 Å². The standard InChI is InChI=1S/C12H9BrN4/c13-10-3-1-2-7-4-11(15-5-8(7)10)9-6-16-17-12(9)14/h1-6H,(H3,14,16,17). The normalized spacial score (nSPS) is 10.9. The van der Waals surface area contributed by atoms with Crippen LogP contribution in [0.5, 0.6) is 0 Å². The second kappa shape index (κ2) is 3.85. The molecule has 0 fully saturated rings. The van der Waals surface area contributed by atoms with Gasteiger partial charge in [0, 0.05) is 22.3 Å². The zero-order valence-corrected chi connectivity index (χ0v) is 10.4. The fraction of sp³-hybridized carbons (Fsp3) is 0. The minimum Gasteiger partial charge on any atom is -0.382 e. The van der Waals surface area contributed by atoms with Crippen LogP contribution in [0.1, 0.15) is 0 Å². The molecule has 4 nitrogen and oxygen atoms in total. The highest BCUT2D eigenvalue weighted by Crippen LogP contribution is 2.28. The Morgan fingerprint density at radius 3 is 2.94 bits per heavy atom. The molecule has 3 aromatic rings. The number of halogens is 1. The first kappa shape index (κ1) is 10.3. The number of nitrogen functional groups attached to an aromatic ring is 1. The fourth-order valence-corrected chi connectivity index (χ4v) is 2.27. The summed E-state index contributed by atoms with van der Waals surface area (Å²) < 4.78 is 1.04. The van der Waals surface area contributed by atoms with Gasteiger partial charge in [-0.1, -0.05) is 28.1 Å². The molecule has 0 saturated heterocycles. The lowest BCUT2D eigenvalue weighted by atomic mass is 10.1. The van der Waals surface area contributed by atoms with Crippen molar-refractivity contribution in [2.45, 2.75) is 0 Å². The first-order valence-corrected chi connectivity index (χ1v) is 5.89. The SMILES string of the molecule is Nc1n[nH]cc1-c1cc2cccc(Br)c2cn1. The van der Waals surface area contributed by atoms with Crippen LogP contribution in [-0.2, 0) is 0 Å². The Hall–Kier alpha value is -1.88. The number of aromatic amines is 1. The van der Waals surface area contributed by atoms with Crippen LogP contribution >= 0.6 is 15.9 Å². The van der Waals surface area contributed by atoms with Crippen LogP contribution in [0.3, 0.4) is 0 Å². The summed E-state index contributed by atoms with van der Waals surface area (Å²) in [5.41, 5.74) is 7.40. The number of pyridine rings is 1. The third-order valence-corrected chi connectivity index (χ3v) is 3.35. The van der Waals surface area contributed by atoms with E-state index in [2.05, 4.69) is 31.1 Å². The number of rotatable bonds is 1. The molecule has 84 valence electrons. The van der Waals surface area contributed by atoms with Gasteiger partial charge in [0.25, 0.3) is 0 Å². The minimum atomic E-state index is 0.465. The predicted molar refractivity (Wildman–Crippen MR) is 71.4 cm³/mol. The second-order valence-electron chi connectivity index (χ2n) is 3.71. The van der Waals surface area contributed by atoms with Gasteiger partial charge in [-0.3, -0.25) is 10.1 Å². The van der Waals surface area contributed by atoms with Gasteiger partial charge in [-0.05, 0) is 17.5 Å². The molecule has 0 bridgehead atoms. The van der Waals surface area contributed by atoms with E-state index >= 15 is 0 Å². The number of nitrogens with one attached hydrogen (secondary N) is 1. The van der Waals surface area contributed by atoms with Crippen molar-refractivity contribution in [1.29, 1.82) is 0 Å². The largest absolute Gasteiger partial charge is 0.382 e. The van der Waals surface area contributed by atoms with Crippen LogP contribution < -0.4 is 5.73 Å². The highest BCUT2D eigenvalue weighted by atomic mass is 79.9. The van der Waals surface area contributed by atoms with E-state index < -0.39 is 0 Å². The third kappa shape index (κ3) is 1.68. The van der Waals surface area contributed by atoms with Crippen molar-refractivity contribution in [2.24, 2.45) is 0 Å². The lowest BCUT2D eigenvalue weighted by Gasteiger charge is -2.03. The van der Waals surface area contributed by atoms with Crippen molar-refractivity contribution < 1.29 is 0 Å². The molecule has 0 aliphatic heterocycles. The Labute approximate surface area is 106 Å². The van der Waals surface area contributed by atoms with Gasteiger partial charge in [-0.2, -0.15) is 5.10 Å². The summed E-state index contributed by atoms with van der Waals surface area (Å²) in [6.07, 6.45) is 3.59. The Kier molecular flexibility index (Phi) is 2.33. The Morgan fingerprint density at radius 2 is 2.18 bits per heavy atom. The Balaban J connectivity index is 2.24. The molecule has 2 aromatic heterocycles. The Morgan fingerprint density at radius 1 is 1.29 bits per heavy atom. The van der Waals surface area contributed by atoms with Crippen molar-refractivity contribution in [1.82, 2.24) is 15.2 Å². The van der Waals surface area contributed by atoms with Crippen LogP contribution in [0, 0.1) is 0 Å². The molecule has 0 radical (unpaired) electrons. The van der Waals surface area contributed by atoms with E-state index in [0.29, 0.717) is 5.82 Å². The highest BCUT2D eigenvalue weighted by Gasteiger charge is 2.07. The zero-order valence-electron chi connectivity index (χ0n) is 8.81. The zero-order chi connectivity index (χ0) is 11.8. The summed E-state index contributed by atoms with van der Waals surface area (Å²) in [6, 6.07) is 8.04. The molecule has 0 spiro atoms. The molecule has 0 aliphatic carbocycles. The van der Waals surface area contributed by atoms with Crippen molar-refractivity contribution in [3.8, 4) is 11.3 Å². The molecular formula is C12H9BrN4. The number of hydrogen-bond donors (Lipinski definition) is 2. The number of fused-ring (bicyclic) bond motifs is 1. The van der Waals surface area contributed by atoms with Gasteiger partial charge in [-0.25, -0.2) is 0 Å². The van der Waals surface area contributed by atoms with E-state index in [1.165, 1.54) is 0 Å². The van der Waals surface area contributed by atoms with E-state index in [4.69, 9.17) is 5.73 Å². The summed E-state index contributed by atoms with van der Waals surface area (Å²) in [7, 11) is 0. The molecule has 5 heteroatoms. The molecule has 17 heavy (non-hydrogen) atoms.